The molecule has 3 aromatic rings. The molecule has 0 saturated heterocycles. The maximum Gasteiger partial charge on any atom is 0.271 e. The standard InChI is InChI=1S/C21H21ClN6O4S/c1-3-27-18(11-19(29)23-16-7-5-4-6-15(16)22)25-26-21(27)33-12-20(30)24-17-10-14(28(31)32)9-8-13(17)2/h4-10H,3,11-12H2,1-2H3,(H,23,29)(H,24,30). The molecular weight excluding hydrogens is 468 g/mol. The van der Waals surface area contributed by atoms with Crippen LogP contribution in [0.3, 0.4) is 0 Å². The van der Waals surface area contributed by atoms with Crippen LogP contribution >= 0.6 is 23.4 Å². The average Bonchev–Trinajstić information content (AvgIpc) is 3.16. The van der Waals surface area contributed by atoms with E-state index in [0.717, 1.165) is 11.8 Å². The van der Waals surface area contributed by atoms with E-state index in [-0.39, 0.29) is 29.7 Å². The highest BCUT2D eigenvalue weighted by atomic mass is 35.5. The Bertz CT molecular complexity index is 1200. The minimum atomic E-state index is -0.517. The van der Waals surface area contributed by atoms with Crippen LogP contribution < -0.4 is 10.6 Å². The normalized spacial score (nSPS) is 10.6. The second-order valence-electron chi connectivity index (χ2n) is 6.94. The largest absolute Gasteiger partial charge is 0.325 e. The van der Waals surface area contributed by atoms with Crippen LogP contribution in [-0.4, -0.2) is 37.3 Å². The first kappa shape index (κ1) is 24.2. The quantitative estimate of drug-likeness (QED) is 0.263. The van der Waals surface area contributed by atoms with Crippen molar-refractivity contribution < 1.29 is 14.5 Å². The Morgan fingerprint density at radius 1 is 1.12 bits per heavy atom. The van der Waals surface area contributed by atoms with Crippen LogP contribution in [0.5, 0.6) is 0 Å². The lowest BCUT2D eigenvalue weighted by atomic mass is 10.2. The van der Waals surface area contributed by atoms with E-state index in [0.29, 0.717) is 39.5 Å². The monoisotopic (exact) mass is 488 g/mol. The number of amides is 2. The molecule has 2 aromatic carbocycles. The summed E-state index contributed by atoms with van der Waals surface area (Å²) in [6.07, 6.45) is -0.00824. The SMILES string of the molecule is CCn1c(CC(=O)Nc2ccccc2Cl)nnc1SCC(=O)Nc1cc([N+](=O)[O-])ccc1C. The molecule has 0 unspecified atom stereocenters. The molecular formula is C21H21ClN6O4S. The van der Waals surface area contributed by atoms with Crippen molar-refractivity contribution in [1.29, 1.82) is 0 Å². The molecule has 0 fully saturated rings. The Morgan fingerprint density at radius 3 is 2.55 bits per heavy atom. The third-order valence-corrected chi connectivity index (χ3v) is 5.91. The number of thioether (sulfide) groups is 1. The molecule has 10 nitrogen and oxygen atoms in total. The number of hydrogen-bond donors (Lipinski definition) is 2. The van der Waals surface area contributed by atoms with E-state index in [1.165, 1.54) is 12.1 Å². The average molecular weight is 489 g/mol. The number of carbonyl (C=O) groups is 2. The van der Waals surface area contributed by atoms with Gasteiger partial charge in [0.2, 0.25) is 11.8 Å². The summed E-state index contributed by atoms with van der Waals surface area (Å²) in [6.45, 7) is 4.14. The van der Waals surface area contributed by atoms with Gasteiger partial charge in [-0.15, -0.1) is 10.2 Å². The lowest BCUT2D eigenvalue weighted by Crippen LogP contribution is -2.18. The highest BCUT2D eigenvalue weighted by Crippen LogP contribution is 2.24. The molecule has 0 spiro atoms. The van der Waals surface area contributed by atoms with E-state index in [1.807, 2.05) is 6.92 Å². The van der Waals surface area contributed by atoms with Crippen molar-refractivity contribution in [2.24, 2.45) is 0 Å². The van der Waals surface area contributed by atoms with Crippen LogP contribution in [0.2, 0.25) is 5.02 Å². The van der Waals surface area contributed by atoms with Gasteiger partial charge in [-0.05, 0) is 31.5 Å². The number of anilines is 2. The molecule has 0 aliphatic rings. The lowest BCUT2D eigenvalue weighted by Gasteiger charge is -2.10. The van der Waals surface area contributed by atoms with Crippen molar-refractivity contribution in [1.82, 2.24) is 14.8 Å². The van der Waals surface area contributed by atoms with E-state index in [2.05, 4.69) is 20.8 Å². The summed E-state index contributed by atoms with van der Waals surface area (Å²) in [6, 6.07) is 11.2. The van der Waals surface area contributed by atoms with Gasteiger partial charge in [-0.2, -0.15) is 0 Å². The zero-order valence-corrected chi connectivity index (χ0v) is 19.4. The van der Waals surface area contributed by atoms with Crippen LogP contribution in [0.4, 0.5) is 17.1 Å². The predicted molar refractivity (Wildman–Crippen MR) is 127 cm³/mol. The van der Waals surface area contributed by atoms with Crippen molar-refractivity contribution in [2.45, 2.75) is 32.0 Å². The number of nitro groups is 1. The van der Waals surface area contributed by atoms with Gasteiger partial charge in [0.25, 0.3) is 5.69 Å². The van der Waals surface area contributed by atoms with Crippen LogP contribution in [0, 0.1) is 17.0 Å². The van der Waals surface area contributed by atoms with E-state index < -0.39 is 4.92 Å². The van der Waals surface area contributed by atoms with Crippen LogP contribution in [0.25, 0.3) is 0 Å². The Kier molecular flexibility index (Phi) is 8.01. The summed E-state index contributed by atoms with van der Waals surface area (Å²) in [5.74, 6) is -0.154. The second-order valence-corrected chi connectivity index (χ2v) is 8.29. The summed E-state index contributed by atoms with van der Waals surface area (Å²) < 4.78 is 1.75. The molecule has 0 saturated carbocycles. The fourth-order valence-corrected chi connectivity index (χ4v) is 3.95. The summed E-state index contributed by atoms with van der Waals surface area (Å²) in [5, 5.41) is 25.5. The van der Waals surface area contributed by atoms with Gasteiger partial charge in [0, 0.05) is 18.7 Å². The first-order valence-corrected chi connectivity index (χ1v) is 11.3. The van der Waals surface area contributed by atoms with Crippen LogP contribution in [-0.2, 0) is 22.6 Å². The Labute approximate surface area is 198 Å². The second kappa shape index (κ2) is 10.9. The molecule has 172 valence electrons. The number of benzene rings is 2. The maximum absolute atomic E-state index is 12.4. The van der Waals surface area contributed by atoms with E-state index in [4.69, 9.17) is 11.6 Å². The van der Waals surface area contributed by atoms with Crippen LogP contribution in [0.15, 0.2) is 47.6 Å². The molecule has 0 aliphatic carbocycles. The number of nitrogens with one attached hydrogen (secondary N) is 2. The molecule has 1 aromatic heterocycles. The van der Waals surface area contributed by atoms with Gasteiger partial charge in [0.15, 0.2) is 5.16 Å². The molecule has 0 atom stereocenters. The van der Waals surface area contributed by atoms with Gasteiger partial charge in [-0.1, -0.05) is 41.6 Å². The van der Waals surface area contributed by atoms with Crippen molar-refractivity contribution in [3.8, 4) is 0 Å². The molecule has 1 heterocycles. The smallest absolute Gasteiger partial charge is 0.271 e. The highest BCUT2D eigenvalue weighted by Gasteiger charge is 2.17. The third-order valence-electron chi connectivity index (χ3n) is 4.61. The Morgan fingerprint density at radius 2 is 1.85 bits per heavy atom. The molecule has 0 bridgehead atoms. The Balaban J connectivity index is 1.61. The number of carbonyl (C=O) groups excluding carboxylic acids is 2. The van der Waals surface area contributed by atoms with Gasteiger partial charge in [0.05, 0.1) is 33.5 Å². The maximum atomic E-state index is 12.4. The highest BCUT2D eigenvalue weighted by molar-refractivity contribution is 7.99. The fourth-order valence-electron chi connectivity index (χ4n) is 2.95. The number of rotatable bonds is 9. The third kappa shape index (κ3) is 6.30. The van der Waals surface area contributed by atoms with Gasteiger partial charge in [0.1, 0.15) is 5.82 Å². The van der Waals surface area contributed by atoms with Gasteiger partial charge < -0.3 is 15.2 Å². The summed E-state index contributed by atoms with van der Waals surface area (Å²) in [5.41, 5.74) is 1.50. The first-order valence-electron chi connectivity index (χ1n) is 9.92. The Hall–Kier alpha value is -3.44. The molecule has 3 rings (SSSR count). The lowest BCUT2D eigenvalue weighted by molar-refractivity contribution is -0.384. The minimum Gasteiger partial charge on any atom is -0.325 e. The van der Waals surface area contributed by atoms with Crippen molar-refractivity contribution in [3.05, 3.63) is 69.0 Å². The number of para-hydroxylation sites is 1. The predicted octanol–water partition coefficient (Wildman–Crippen LogP) is 4.08. The topological polar surface area (TPSA) is 132 Å². The van der Waals surface area contributed by atoms with E-state index in [1.54, 1.807) is 41.8 Å². The number of halogens is 1. The molecule has 0 radical (unpaired) electrons. The molecule has 33 heavy (non-hydrogen) atoms. The number of hydrogen-bond acceptors (Lipinski definition) is 7. The zero-order chi connectivity index (χ0) is 24.0. The fraction of sp³-hybridized carbons (Fsp3) is 0.238. The molecule has 0 aliphatic heterocycles. The minimum absolute atomic E-state index is 0.00824. The number of nitro benzene ring substituents is 1. The van der Waals surface area contributed by atoms with Crippen molar-refractivity contribution in [2.75, 3.05) is 16.4 Å². The van der Waals surface area contributed by atoms with Gasteiger partial charge in [-0.25, -0.2) is 0 Å². The van der Waals surface area contributed by atoms with Crippen molar-refractivity contribution in [3.63, 3.8) is 0 Å². The number of nitrogens with zero attached hydrogens (tertiary/aromatic N) is 4. The van der Waals surface area contributed by atoms with Gasteiger partial charge >= 0.3 is 0 Å². The summed E-state index contributed by atoms with van der Waals surface area (Å²) in [4.78, 5) is 35.3. The molecule has 2 amide bonds. The van der Waals surface area contributed by atoms with Crippen molar-refractivity contribution >= 4 is 52.2 Å². The van der Waals surface area contributed by atoms with Gasteiger partial charge in [-0.3, -0.25) is 19.7 Å². The van der Waals surface area contributed by atoms with E-state index in [9.17, 15) is 19.7 Å². The summed E-state index contributed by atoms with van der Waals surface area (Å²) >= 11 is 7.23. The summed E-state index contributed by atoms with van der Waals surface area (Å²) in [7, 11) is 0. The van der Waals surface area contributed by atoms with Crippen LogP contribution in [0.1, 0.15) is 18.3 Å². The molecule has 12 heteroatoms. The van der Waals surface area contributed by atoms with E-state index >= 15 is 0 Å². The number of non-ortho nitro benzene ring substituents is 1. The number of aryl methyl sites for hydroxylation is 1. The molecule has 2 N–H and O–H groups in total. The first-order chi connectivity index (χ1) is 15.8. The number of aromatic nitrogens is 3. The zero-order valence-electron chi connectivity index (χ0n) is 17.9.